The van der Waals surface area contributed by atoms with E-state index in [-0.39, 0.29) is 5.91 Å². The van der Waals surface area contributed by atoms with Crippen molar-refractivity contribution in [3.8, 4) is 0 Å². The minimum absolute atomic E-state index is 0.323. The number of halogens is 1. The number of nitrogens with one attached hydrogen (secondary N) is 2. The normalized spacial score (nSPS) is 19.5. The second-order valence-corrected chi connectivity index (χ2v) is 8.16. The van der Waals surface area contributed by atoms with Crippen molar-refractivity contribution in [3.05, 3.63) is 76.8 Å². The van der Waals surface area contributed by atoms with E-state index in [0.717, 1.165) is 11.1 Å². The molecule has 3 N–H and O–H groups in total. The van der Waals surface area contributed by atoms with Crippen molar-refractivity contribution in [2.24, 2.45) is 0 Å². The zero-order valence-corrected chi connectivity index (χ0v) is 17.7. The highest BCUT2D eigenvalue weighted by atomic mass is 19.1. The first-order valence-corrected chi connectivity index (χ1v) is 9.97. The summed E-state index contributed by atoms with van der Waals surface area (Å²) in [6.07, 6.45) is 1.77. The molecule has 0 radical (unpaired) electrons. The van der Waals surface area contributed by atoms with Gasteiger partial charge in [0.15, 0.2) is 0 Å². The van der Waals surface area contributed by atoms with Crippen molar-refractivity contribution in [3.63, 3.8) is 0 Å². The van der Waals surface area contributed by atoms with Crippen molar-refractivity contribution in [2.75, 3.05) is 5.32 Å². The number of hydrogen-bond acceptors (Lipinski definition) is 4. The highest BCUT2D eigenvalue weighted by molar-refractivity contribution is 6.32. The third-order valence-corrected chi connectivity index (χ3v) is 5.44. The third kappa shape index (κ3) is 3.75. The van der Waals surface area contributed by atoms with Crippen LogP contribution in [0.1, 0.15) is 42.3 Å². The van der Waals surface area contributed by atoms with Crippen LogP contribution in [0.4, 0.5) is 10.1 Å². The Kier molecular flexibility index (Phi) is 5.08. The summed E-state index contributed by atoms with van der Waals surface area (Å²) < 4.78 is 19.6. The monoisotopic (exact) mass is 436 g/mol. The highest BCUT2D eigenvalue weighted by Gasteiger charge is 2.38. The number of aliphatic carboxylic acids is 1. The molecule has 0 aliphatic carbocycles. The molecule has 0 saturated heterocycles. The highest BCUT2D eigenvalue weighted by Crippen LogP contribution is 2.44. The lowest BCUT2D eigenvalue weighted by atomic mass is 9.91. The van der Waals surface area contributed by atoms with E-state index in [1.54, 1.807) is 36.4 Å². The Balaban J connectivity index is 1.67. The largest absolute Gasteiger partial charge is 0.482 e. The van der Waals surface area contributed by atoms with Crippen molar-refractivity contribution in [2.45, 2.75) is 32.4 Å². The van der Waals surface area contributed by atoms with Crippen LogP contribution in [-0.4, -0.2) is 34.5 Å². The summed E-state index contributed by atoms with van der Waals surface area (Å²) in [5.41, 5.74) is 2.45. The fourth-order valence-corrected chi connectivity index (χ4v) is 3.75. The molecule has 164 valence electrons. The zero-order chi connectivity index (χ0) is 23.2. The number of allylic oxidation sites excluding steroid dienone is 1. The van der Waals surface area contributed by atoms with E-state index < -0.39 is 29.3 Å². The predicted octanol–water partition coefficient (Wildman–Crippen LogP) is 3.58. The van der Waals surface area contributed by atoms with Crippen LogP contribution in [-0.2, 0) is 14.3 Å². The van der Waals surface area contributed by atoms with Gasteiger partial charge >= 0.3 is 5.97 Å². The van der Waals surface area contributed by atoms with Crippen LogP contribution < -0.4 is 10.6 Å². The Morgan fingerprint density at radius 2 is 1.84 bits per heavy atom. The molecule has 2 aromatic rings. The molecule has 1 atom stereocenters. The standard InChI is InChI=1S/C24H21FN2O5/c1-12(23(30)31)26-21(28)14-6-4-13(5-7-14)17-11-19(32-24(17,2)3)20-16-9-8-15(25)10-18(16)27-22(20)29/h4-12H,1-3H3,(H,26,28)(H,27,29)(H,30,31)/b20-19+. The van der Waals surface area contributed by atoms with Crippen molar-refractivity contribution in [1.29, 1.82) is 0 Å². The van der Waals surface area contributed by atoms with Gasteiger partial charge in [-0.25, -0.2) is 4.39 Å². The lowest BCUT2D eigenvalue weighted by molar-refractivity contribution is -0.138. The molecule has 0 spiro atoms. The van der Waals surface area contributed by atoms with Crippen molar-refractivity contribution < 1.29 is 28.6 Å². The van der Waals surface area contributed by atoms with Crippen LogP contribution in [0.15, 0.2) is 54.3 Å². The first kappa shape index (κ1) is 21.3. The lowest BCUT2D eigenvalue weighted by Gasteiger charge is -2.23. The summed E-state index contributed by atoms with van der Waals surface area (Å²) in [6.45, 7) is 5.11. The van der Waals surface area contributed by atoms with Gasteiger partial charge in [0.2, 0.25) is 0 Å². The summed E-state index contributed by atoms with van der Waals surface area (Å²) in [6, 6.07) is 9.77. The minimum atomic E-state index is -1.12. The number of fused-ring (bicyclic) bond motifs is 1. The molecule has 2 aliphatic heterocycles. The SMILES string of the molecule is CC(NC(=O)c1ccc(C2=C/C(=C3\C(=O)Nc4cc(F)ccc43)OC2(C)C)cc1)C(=O)O. The molecule has 0 aromatic heterocycles. The topological polar surface area (TPSA) is 105 Å². The van der Waals surface area contributed by atoms with Crippen LogP contribution in [0.25, 0.3) is 11.1 Å². The molecule has 0 bridgehead atoms. The lowest BCUT2D eigenvalue weighted by Crippen LogP contribution is -2.38. The van der Waals surface area contributed by atoms with Gasteiger partial charge in [-0.05, 0) is 62.7 Å². The van der Waals surface area contributed by atoms with E-state index in [4.69, 9.17) is 9.84 Å². The summed E-state index contributed by atoms with van der Waals surface area (Å²) in [5, 5.41) is 14.0. The second kappa shape index (κ2) is 7.64. The first-order chi connectivity index (χ1) is 15.1. The average molecular weight is 436 g/mol. The van der Waals surface area contributed by atoms with Gasteiger partial charge < -0.3 is 20.5 Å². The Bertz CT molecular complexity index is 1210. The molecule has 4 rings (SSSR count). The molecule has 2 amide bonds. The van der Waals surface area contributed by atoms with Crippen LogP contribution in [0.3, 0.4) is 0 Å². The van der Waals surface area contributed by atoms with Gasteiger partial charge in [-0.3, -0.25) is 14.4 Å². The summed E-state index contributed by atoms with van der Waals surface area (Å²) in [4.78, 5) is 35.7. The molecule has 8 heteroatoms. The van der Waals surface area contributed by atoms with E-state index >= 15 is 0 Å². The third-order valence-electron chi connectivity index (χ3n) is 5.44. The molecule has 2 aliphatic rings. The number of benzene rings is 2. The maximum absolute atomic E-state index is 13.5. The number of anilines is 1. The van der Waals surface area contributed by atoms with E-state index in [0.29, 0.717) is 28.1 Å². The molecule has 0 saturated carbocycles. The zero-order valence-electron chi connectivity index (χ0n) is 17.7. The average Bonchev–Trinajstić information content (AvgIpc) is 3.21. The summed E-state index contributed by atoms with van der Waals surface area (Å²) in [7, 11) is 0. The van der Waals surface area contributed by atoms with Gasteiger partial charge in [0.05, 0.1) is 11.3 Å². The molecule has 0 fully saturated rings. The number of carboxylic acid groups (broad SMARTS) is 1. The fourth-order valence-electron chi connectivity index (χ4n) is 3.75. The summed E-state index contributed by atoms with van der Waals surface area (Å²) in [5.74, 6) is -2.04. The smallest absolute Gasteiger partial charge is 0.325 e. The molecule has 7 nitrogen and oxygen atoms in total. The molecule has 1 unspecified atom stereocenters. The number of carbonyl (C=O) groups excluding carboxylic acids is 2. The van der Waals surface area contributed by atoms with Gasteiger partial charge in [-0.2, -0.15) is 0 Å². The van der Waals surface area contributed by atoms with Crippen LogP contribution in [0.5, 0.6) is 0 Å². The van der Waals surface area contributed by atoms with Crippen LogP contribution in [0.2, 0.25) is 0 Å². The molecular weight excluding hydrogens is 415 g/mol. The molecular formula is C24H21FN2O5. The maximum Gasteiger partial charge on any atom is 0.325 e. The van der Waals surface area contributed by atoms with E-state index in [1.807, 2.05) is 13.8 Å². The van der Waals surface area contributed by atoms with Crippen LogP contribution in [0, 0.1) is 5.82 Å². The predicted molar refractivity (Wildman–Crippen MR) is 116 cm³/mol. The quantitative estimate of drug-likeness (QED) is 0.636. The molecule has 32 heavy (non-hydrogen) atoms. The Hall–Kier alpha value is -3.94. The van der Waals surface area contributed by atoms with Gasteiger partial charge in [0.1, 0.15) is 23.2 Å². The van der Waals surface area contributed by atoms with Gasteiger partial charge in [-0.15, -0.1) is 0 Å². The number of carbonyl (C=O) groups is 3. The fraction of sp³-hybridized carbons (Fsp3) is 0.208. The molecule has 2 heterocycles. The minimum Gasteiger partial charge on any atom is -0.482 e. The van der Waals surface area contributed by atoms with Gasteiger partial charge in [0, 0.05) is 16.7 Å². The molecule has 2 aromatic carbocycles. The van der Waals surface area contributed by atoms with Crippen LogP contribution >= 0.6 is 0 Å². The van der Waals surface area contributed by atoms with Gasteiger partial charge in [-0.1, -0.05) is 12.1 Å². The van der Waals surface area contributed by atoms with Crippen molar-refractivity contribution in [1.82, 2.24) is 5.32 Å². The Morgan fingerprint density at radius 3 is 2.50 bits per heavy atom. The van der Waals surface area contributed by atoms with E-state index in [9.17, 15) is 18.8 Å². The number of carboxylic acids is 1. The number of rotatable bonds is 4. The summed E-state index contributed by atoms with van der Waals surface area (Å²) >= 11 is 0. The Morgan fingerprint density at radius 1 is 1.16 bits per heavy atom. The Labute approximate surface area is 183 Å². The number of hydrogen-bond donors (Lipinski definition) is 3. The number of amides is 2. The first-order valence-electron chi connectivity index (χ1n) is 9.97. The maximum atomic E-state index is 13.5. The van der Waals surface area contributed by atoms with E-state index in [2.05, 4.69) is 10.6 Å². The van der Waals surface area contributed by atoms with E-state index in [1.165, 1.54) is 19.1 Å². The number of ether oxygens (including phenoxy) is 1. The van der Waals surface area contributed by atoms with Gasteiger partial charge in [0.25, 0.3) is 11.8 Å². The van der Waals surface area contributed by atoms with Crippen molar-refractivity contribution >= 4 is 34.6 Å². The second-order valence-electron chi connectivity index (χ2n) is 8.16.